The summed E-state index contributed by atoms with van der Waals surface area (Å²) >= 11 is 0. The van der Waals surface area contributed by atoms with Crippen molar-refractivity contribution >= 4 is 11.5 Å². The van der Waals surface area contributed by atoms with Crippen LogP contribution in [0.15, 0.2) is 30.3 Å². The summed E-state index contributed by atoms with van der Waals surface area (Å²) in [6.07, 6.45) is 0. The number of benzene rings is 1. The van der Waals surface area contributed by atoms with Crippen LogP contribution in [-0.4, -0.2) is 15.8 Å². The Morgan fingerprint density at radius 1 is 1.14 bits per heavy atom. The van der Waals surface area contributed by atoms with E-state index in [4.69, 9.17) is 5.73 Å². The third-order valence-electron chi connectivity index (χ3n) is 3.72. The van der Waals surface area contributed by atoms with Gasteiger partial charge in [-0.25, -0.2) is 0 Å². The van der Waals surface area contributed by atoms with Gasteiger partial charge >= 0.3 is 0 Å². The summed E-state index contributed by atoms with van der Waals surface area (Å²) in [6, 6.07) is 10.8. The van der Waals surface area contributed by atoms with Crippen molar-refractivity contribution < 1.29 is 0 Å². The first-order valence-electron chi connectivity index (χ1n) is 7.54. The lowest BCUT2D eigenvalue weighted by molar-refractivity contribution is 0.631. The highest BCUT2D eigenvalue weighted by molar-refractivity contribution is 5.67. The Morgan fingerprint density at radius 2 is 1.76 bits per heavy atom. The van der Waals surface area contributed by atoms with Gasteiger partial charge in [0.1, 0.15) is 0 Å². The zero-order chi connectivity index (χ0) is 15.6. The van der Waals surface area contributed by atoms with E-state index in [1.165, 1.54) is 5.56 Å². The number of aromatic nitrogens is 2. The molecule has 4 nitrogen and oxygen atoms in total. The summed E-state index contributed by atoms with van der Waals surface area (Å²) in [4.78, 5) is 2.31. The summed E-state index contributed by atoms with van der Waals surface area (Å²) in [7, 11) is 1.97. The first-order valence-corrected chi connectivity index (χ1v) is 7.54. The molecule has 2 N–H and O–H groups in total. The molecule has 0 saturated carbocycles. The molecule has 0 aliphatic carbocycles. The minimum absolute atomic E-state index is 0.329. The summed E-state index contributed by atoms with van der Waals surface area (Å²) in [6.45, 7) is 9.45. The van der Waals surface area contributed by atoms with Crippen LogP contribution in [0, 0.1) is 0 Å². The Kier molecular flexibility index (Phi) is 4.56. The van der Waals surface area contributed by atoms with E-state index < -0.39 is 0 Å². The van der Waals surface area contributed by atoms with Gasteiger partial charge in [-0.1, -0.05) is 44.2 Å². The van der Waals surface area contributed by atoms with Crippen molar-refractivity contribution in [2.75, 3.05) is 10.6 Å². The molecule has 0 fully saturated rings. The number of hydrogen-bond acceptors (Lipinski definition) is 3. The summed E-state index contributed by atoms with van der Waals surface area (Å²) in [5.41, 5.74) is 9.43. The van der Waals surface area contributed by atoms with Crippen molar-refractivity contribution in [1.82, 2.24) is 9.78 Å². The van der Waals surface area contributed by atoms with Crippen LogP contribution in [-0.2, 0) is 13.6 Å². The number of aryl methyl sites for hydroxylation is 1. The van der Waals surface area contributed by atoms with E-state index in [9.17, 15) is 0 Å². The van der Waals surface area contributed by atoms with E-state index in [2.05, 4.69) is 62.0 Å². The topological polar surface area (TPSA) is 47.1 Å². The van der Waals surface area contributed by atoms with Gasteiger partial charge in [-0.15, -0.1) is 0 Å². The molecular formula is C17H26N4. The number of hydrogen-bond donors (Lipinski definition) is 1. The summed E-state index contributed by atoms with van der Waals surface area (Å²) < 4.78 is 1.91. The van der Waals surface area contributed by atoms with E-state index in [0.717, 1.165) is 23.7 Å². The Morgan fingerprint density at radius 3 is 2.24 bits per heavy atom. The van der Waals surface area contributed by atoms with E-state index in [-0.39, 0.29) is 0 Å². The fourth-order valence-electron chi connectivity index (χ4n) is 2.60. The van der Waals surface area contributed by atoms with Gasteiger partial charge in [-0.2, -0.15) is 5.10 Å². The maximum atomic E-state index is 6.37. The predicted molar refractivity (Wildman–Crippen MR) is 89.5 cm³/mol. The molecule has 0 radical (unpaired) electrons. The zero-order valence-corrected chi connectivity index (χ0v) is 13.7. The third kappa shape index (κ3) is 3.20. The molecular weight excluding hydrogens is 260 g/mol. The highest BCUT2D eigenvalue weighted by Gasteiger charge is 2.22. The Bertz CT molecular complexity index is 584. The number of anilines is 2. The highest BCUT2D eigenvalue weighted by Crippen LogP contribution is 2.32. The van der Waals surface area contributed by atoms with Crippen LogP contribution in [0.1, 0.15) is 44.9 Å². The van der Waals surface area contributed by atoms with Crippen LogP contribution >= 0.6 is 0 Å². The van der Waals surface area contributed by atoms with Crippen molar-refractivity contribution in [1.29, 1.82) is 0 Å². The lowest BCUT2D eigenvalue weighted by Crippen LogP contribution is -2.32. The molecule has 114 valence electrons. The standard InChI is InChI=1S/C17H26N4/c1-12(2)16-15(18)17(20(5)19-16)21(13(3)4)11-14-9-7-6-8-10-14/h6-10,12-13H,11,18H2,1-5H3. The average Bonchev–Trinajstić information content (AvgIpc) is 2.73. The first kappa shape index (κ1) is 15.4. The number of nitrogen functional groups attached to an aromatic ring is 1. The Balaban J connectivity index is 2.39. The van der Waals surface area contributed by atoms with Crippen LogP contribution < -0.4 is 10.6 Å². The molecule has 0 atom stereocenters. The van der Waals surface area contributed by atoms with Crippen LogP contribution in [0.3, 0.4) is 0 Å². The van der Waals surface area contributed by atoms with E-state index in [1.807, 2.05) is 17.8 Å². The van der Waals surface area contributed by atoms with Crippen LogP contribution in [0.2, 0.25) is 0 Å². The second-order valence-electron chi connectivity index (χ2n) is 6.11. The zero-order valence-electron chi connectivity index (χ0n) is 13.7. The van der Waals surface area contributed by atoms with Gasteiger partial charge < -0.3 is 10.6 Å². The van der Waals surface area contributed by atoms with Gasteiger partial charge in [0, 0.05) is 19.6 Å². The molecule has 21 heavy (non-hydrogen) atoms. The lowest BCUT2D eigenvalue weighted by Gasteiger charge is -2.29. The van der Waals surface area contributed by atoms with Gasteiger partial charge in [-0.05, 0) is 25.3 Å². The molecule has 4 heteroatoms. The molecule has 0 aliphatic rings. The molecule has 1 aromatic heterocycles. The second kappa shape index (κ2) is 6.20. The molecule has 1 aromatic carbocycles. The smallest absolute Gasteiger partial charge is 0.150 e. The van der Waals surface area contributed by atoms with Gasteiger partial charge in [0.25, 0.3) is 0 Å². The van der Waals surface area contributed by atoms with Crippen molar-refractivity contribution in [3.63, 3.8) is 0 Å². The molecule has 0 spiro atoms. The van der Waals surface area contributed by atoms with Gasteiger partial charge in [0.2, 0.25) is 0 Å². The predicted octanol–water partition coefficient (Wildman–Crippen LogP) is 3.54. The Labute approximate surface area is 127 Å². The van der Waals surface area contributed by atoms with Crippen molar-refractivity contribution in [3.8, 4) is 0 Å². The molecule has 1 heterocycles. The second-order valence-corrected chi connectivity index (χ2v) is 6.11. The lowest BCUT2D eigenvalue weighted by atomic mass is 10.1. The molecule has 0 unspecified atom stereocenters. The van der Waals surface area contributed by atoms with Crippen molar-refractivity contribution in [3.05, 3.63) is 41.6 Å². The molecule has 0 aliphatic heterocycles. The minimum atomic E-state index is 0.329. The van der Waals surface area contributed by atoms with Gasteiger partial charge in [0.05, 0.1) is 11.4 Å². The summed E-state index contributed by atoms with van der Waals surface area (Å²) in [5.74, 6) is 1.34. The van der Waals surface area contributed by atoms with E-state index in [1.54, 1.807) is 0 Å². The molecule has 0 saturated heterocycles. The molecule has 2 rings (SSSR count). The van der Waals surface area contributed by atoms with Gasteiger partial charge in [-0.3, -0.25) is 4.68 Å². The molecule has 0 amide bonds. The van der Waals surface area contributed by atoms with Crippen LogP contribution in [0.25, 0.3) is 0 Å². The number of rotatable bonds is 5. The minimum Gasteiger partial charge on any atom is -0.394 e. The van der Waals surface area contributed by atoms with Crippen molar-refractivity contribution in [2.24, 2.45) is 7.05 Å². The molecule has 0 bridgehead atoms. The van der Waals surface area contributed by atoms with Crippen LogP contribution in [0.5, 0.6) is 0 Å². The monoisotopic (exact) mass is 286 g/mol. The maximum absolute atomic E-state index is 6.37. The normalized spacial score (nSPS) is 11.4. The largest absolute Gasteiger partial charge is 0.394 e. The van der Waals surface area contributed by atoms with E-state index in [0.29, 0.717) is 12.0 Å². The third-order valence-corrected chi connectivity index (χ3v) is 3.72. The fraction of sp³-hybridized carbons (Fsp3) is 0.471. The quantitative estimate of drug-likeness (QED) is 0.914. The summed E-state index contributed by atoms with van der Waals surface area (Å²) in [5, 5.41) is 4.60. The molecule has 2 aromatic rings. The first-order chi connectivity index (χ1) is 9.91. The highest BCUT2D eigenvalue weighted by atomic mass is 15.4. The average molecular weight is 286 g/mol. The Hall–Kier alpha value is -1.97. The number of nitrogens with two attached hydrogens (primary N) is 1. The van der Waals surface area contributed by atoms with Crippen molar-refractivity contribution in [2.45, 2.75) is 46.2 Å². The van der Waals surface area contributed by atoms with E-state index >= 15 is 0 Å². The maximum Gasteiger partial charge on any atom is 0.150 e. The fourth-order valence-corrected chi connectivity index (χ4v) is 2.60. The van der Waals surface area contributed by atoms with Crippen LogP contribution in [0.4, 0.5) is 11.5 Å². The van der Waals surface area contributed by atoms with Gasteiger partial charge in [0.15, 0.2) is 5.82 Å². The number of nitrogens with zero attached hydrogens (tertiary/aromatic N) is 3. The SMILES string of the molecule is CC(C)c1nn(C)c(N(Cc2ccccc2)C(C)C)c1N.